The van der Waals surface area contributed by atoms with Crippen LogP contribution in [0.4, 0.5) is 0 Å². The Morgan fingerprint density at radius 1 is 1.21 bits per heavy atom. The lowest BCUT2D eigenvalue weighted by molar-refractivity contribution is 0.216. The van der Waals surface area contributed by atoms with Crippen LogP contribution < -0.4 is 0 Å². The van der Waals surface area contributed by atoms with Crippen molar-refractivity contribution in [3.63, 3.8) is 0 Å². The Bertz CT molecular complexity index is 411. The van der Waals surface area contributed by atoms with Crippen LogP contribution in [0.3, 0.4) is 0 Å². The van der Waals surface area contributed by atoms with Crippen LogP contribution >= 0.6 is 15.9 Å². The fourth-order valence-corrected chi connectivity index (χ4v) is 1.79. The normalized spacial score (nSPS) is 12.7. The van der Waals surface area contributed by atoms with E-state index in [4.69, 9.17) is 0 Å². The number of hydrogen-bond donors (Lipinski definition) is 2. The van der Waals surface area contributed by atoms with E-state index in [1.54, 1.807) is 6.20 Å². The Hall–Kier alpha value is -1.06. The molecule has 1 aromatic carbocycles. The first-order chi connectivity index (χ1) is 6.77. The van der Waals surface area contributed by atoms with Gasteiger partial charge in [0.25, 0.3) is 0 Å². The van der Waals surface area contributed by atoms with Crippen LogP contribution in [0.1, 0.15) is 17.4 Å². The molecule has 0 saturated carbocycles. The molecule has 1 unspecified atom stereocenters. The van der Waals surface area contributed by atoms with Gasteiger partial charge in [-0.05, 0) is 29.8 Å². The van der Waals surface area contributed by atoms with Crippen molar-refractivity contribution >= 4 is 15.9 Å². The molecule has 0 aliphatic rings. The number of hydrogen-bond acceptors (Lipinski definition) is 1. The summed E-state index contributed by atoms with van der Waals surface area (Å²) < 4.78 is 0.973. The molecule has 2 aromatic rings. The summed E-state index contributed by atoms with van der Waals surface area (Å²) in [6, 6.07) is 11.4. The lowest BCUT2D eigenvalue weighted by Crippen LogP contribution is -1.99. The number of nitrogens with one attached hydrogen (secondary N) is 1. The maximum absolute atomic E-state index is 9.95. The van der Waals surface area contributed by atoms with Gasteiger partial charge in [0.2, 0.25) is 0 Å². The minimum atomic E-state index is -0.581. The predicted molar refractivity (Wildman–Crippen MR) is 59.0 cm³/mol. The number of aliphatic hydroxyl groups excluding tert-OH is 1. The molecule has 0 radical (unpaired) electrons. The number of benzene rings is 1. The molecule has 0 amide bonds. The van der Waals surface area contributed by atoms with Gasteiger partial charge in [-0.15, -0.1) is 0 Å². The predicted octanol–water partition coefficient (Wildman–Crippen LogP) is 2.86. The summed E-state index contributed by atoms with van der Waals surface area (Å²) in [6.07, 6.45) is 1.22. The number of H-pyrrole nitrogens is 1. The monoisotopic (exact) mass is 251 g/mol. The van der Waals surface area contributed by atoms with Crippen molar-refractivity contribution < 1.29 is 5.11 Å². The van der Waals surface area contributed by atoms with Crippen molar-refractivity contribution in [1.82, 2.24) is 4.98 Å². The van der Waals surface area contributed by atoms with E-state index in [0.717, 1.165) is 15.7 Å². The number of aliphatic hydroxyl groups is 1. The number of rotatable bonds is 2. The van der Waals surface area contributed by atoms with Crippen LogP contribution in [0.5, 0.6) is 0 Å². The van der Waals surface area contributed by atoms with Gasteiger partial charge in [-0.3, -0.25) is 0 Å². The molecule has 0 fully saturated rings. The SMILES string of the molecule is OC(c1cccc(Br)c1)c1ccc[nH]1. The molecule has 1 heterocycles. The first kappa shape index (κ1) is 9.49. The zero-order valence-electron chi connectivity index (χ0n) is 7.44. The van der Waals surface area contributed by atoms with Crippen LogP contribution in [0, 0.1) is 0 Å². The molecule has 72 valence electrons. The molecule has 2 N–H and O–H groups in total. The average molecular weight is 252 g/mol. The second-order valence-electron chi connectivity index (χ2n) is 3.08. The van der Waals surface area contributed by atoms with E-state index in [9.17, 15) is 5.11 Å². The van der Waals surface area contributed by atoms with Gasteiger partial charge in [0.05, 0.1) is 0 Å². The Morgan fingerprint density at radius 2 is 2.07 bits per heavy atom. The van der Waals surface area contributed by atoms with Gasteiger partial charge in [-0.25, -0.2) is 0 Å². The van der Waals surface area contributed by atoms with Gasteiger partial charge in [0.1, 0.15) is 6.10 Å². The third-order valence-electron chi connectivity index (χ3n) is 2.08. The minimum Gasteiger partial charge on any atom is -0.382 e. The molecule has 0 saturated heterocycles. The summed E-state index contributed by atoms with van der Waals surface area (Å²) in [5.74, 6) is 0. The maximum atomic E-state index is 9.95. The standard InChI is InChI=1S/C11H10BrNO/c12-9-4-1-3-8(7-9)11(14)10-5-2-6-13-10/h1-7,11,13-14H. The topological polar surface area (TPSA) is 36.0 Å². The highest BCUT2D eigenvalue weighted by atomic mass is 79.9. The Kier molecular flexibility index (Phi) is 2.70. The average Bonchev–Trinajstić information content (AvgIpc) is 2.69. The summed E-state index contributed by atoms with van der Waals surface area (Å²) in [6.45, 7) is 0. The highest BCUT2D eigenvalue weighted by molar-refractivity contribution is 9.10. The van der Waals surface area contributed by atoms with Gasteiger partial charge >= 0.3 is 0 Å². The van der Waals surface area contributed by atoms with E-state index in [1.807, 2.05) is 36.4 Å². The fourth-order valence-electron chi connectivity index (χ4n) is 1.37. The molecule has 2 rings (SSSR count). The van der Waals surface area contributed by atoms with Crippen LogP contribution in [0.2, 0.25) is 0 Å². The van der Waals surface area contributed by atoms with E-state index >= 15 is 0 Å². The zero-order chi connectivity index (χ0) is 9.97. The van der Waals surface area contributed by atoms with E-state index in [2.05, 4.69) is 20.9 Å². The third-order valence-corrected chi connectivity index (χ3v) is 2.57. The van der Waals surface area contributed by atoms with Crippen LogP contribution in [-0.2, 0) is 0 Å². The summed E-state index contributed by atoms with van der Waals surface area (Å²) in [7, 11) is 0. The Morgan fingerprint density at radius 3 is 2.71 bits per heavy atom. The number of aromatic nitrogens is 1. The van der Waals surface area contributed by atoms with Crippen molar-refractivity contribution in [2.24, 2.45) is 0 Å². The molecule has 0 aliphatic carbocycles. The highest BCUT2D eigenvalue weighted by Gasteiger charge is 2.10. The zero-order valence-corrected chi connectivity index (χ0v) is 9.03. The van der Waals surface area contributed by atoms with Crippen molar-refractivity contribution in [2.45, 2.75) is 6.10 Å². The highest BCUT2D eigenvalue weighted by Crippen LogP contribution is 2.22. The lowest BCUT2D eigenvalue weighted by Gasteiger charge is -2.09. The summed E-state index contributed by atoms with van der Waals surface area (Å²) >= 11 is 3.37. The molecule has 2 nitrogen and oxygen atoms in total. The summed E-state index contributed by atoms with van der Waals surface area (Å²) in [4.78, 5) is 2.99. The van der Waals surface area contributed by atoms with Crippen molar-refractivity contribution in [2.75, 3.05) is 0 Å². The molecule has 14 heavy (non-hydrogen) atoms. The molecule has 0 spiro atoms. The van der Waals surface area contributed by atoms with Crippen LogP contribution in [-0.4, -0.2) is 10.1 Å². The van der Waals surface area contributed by atoms with Crippen LogP contribution in [0.15, 0.2) is 47.1 Å². The van der Waals surface area contributed by atoms with Gasteiger partial charge in [0.15, 0.2) is 0 Å². The Labute approximate surface area is 90.7 Å². The van der Waals surface area contributed by atoms with Gasteiger partial charge < -0.3 is 10.1 Å². The maximum Gasteiger partial charge on any atom is 0.119 e. The third kappa shape index (κ3) is 1.89. The van der Waals surface area contributed by atoms with Gasteiger partial charge in [0, 0.05) is 16.4 Å². The van der Waals surface area contributed by atoms with Gasteiger partial charge in [-0.2, -0.15) is 0 Å². The number of aromatic amines is 1. The molecule has 0 bridgehead atoms. The molecule has 1 atom stereocenters. The van der Waals surface area contributed by atoms with Crippen molar-refractivity contribution in [1.29, 1.82) is 0 Å². The second kappa shape index (κ2) is 3.98. The van der Waals surface area contributed by atoms with E-state index < -0.39 is 6.10 Å². The lowest BCUT2D eigenvalue weighted by atomic mass is 10.1. The van der Waals surface area contributed by atoms with E-state index in [-0.39, 0.29) is 0 Å². The van der Waals surface area contributed by atoms with Crippen LogP contribution in [0.25, 0.3) is 0 Å². The van der Waals surface area contributed by atoms with E-state index in [0.29, 0.717) is 0 Å². The Balaban J connectivity index is 2.32. The van der Waals surface area contributed by atoms with Gasteiger partial charge in [-0.1, -0.05) is 28.1 Å². The molecular formula is C11H10BrNO. The molecule has 3 heteroatoms. The molecular weight excluding hydrogens is 242 g/mol. The molecule has 1 aromatic heterocycles. The summed E-state index contributed by atoms with van der Waals surface area (Å²) in [5.41, 5.74) is 1.69. The fraction of sp³-hybridized carbons (Fsp3) is 0.0909. The van der Waals surface area contributed by atoms with E-state index in [1.165, 1.54) is 0 Å². The first-order valence-corrected chi connectivity index (χ1v) is 5.13. The first-order valence-electron chi connectivity index (χ1n) is 4.34. The molecule has 0 aliphatic heterocycles. The van der Waals surface area contributed by atoms with Crippen molar-refractivity contribution in [3.8, 4) is 0 Å². The van der Waals surface area contributed by atoms with Crippen molar-refractivity contribution in [3.05, 3.63) is 58.3 Å². The quantitative estimate of drug-likeness (QED) is 0.847. The largest absolute Gasteiger partial charge is 0.382 e. The smallest absolute Gasteiger partial charge is 0.119 e. The minimum absolute atomic E-state index is 0.581. The number of halogens is 1. The second-order valence-corrected chi connectivity index (χ2v) is 4.00. The summed E-state index contributed by atoms with van der Waals surface area (Å²) in [5, 5.41) is 9.95.